The van der Waals surface area contributed by atoms with Crippen molar-refractivity contribution in [2.75, 3.05) is 59.5 Å². The van der Waals surface area contributed by atoms with Gasteiger partial charge in [-0.15, -0.1) is 0 Å². The van der Waals surface area contributed by atoms with Crippen LogP contribution in [0.4, 0.5) is 0 Å². The maximum Gasteiger partial charge on any atom is 0.217 e. The van der Waals surface area contributed by atoms with E-state index in [-0.39, 0.29) is 0 Å². The minimum absolute atomic E-state index is 0.880. The van der Waals surface area contributed by atoms with Crippen LogP contribution < -0.4 is 16.0 Å². The van der Waals surface area contributed by atoms with E-state index in [1.165, 1.54) is 0 Å². The standard InChI is InChI=1S/C54H93N3O41/c1-13(66)55-25-33(76)43(94-51-38(81)36(79)29(72)18(6-60)86-51)21(9-63)89-48(25)85-12-24-32(75)47(98-50-26(56-14(2)67)34(77)44(22(10-64)90-50)95-52-39(82)37(80)30(73)19(7-61)87-52)41(84)54(92-24)96-45-23(11-65)91-49(27(35(45)78)57-15(3)68)97-46-31(74)20(8-62)88-53(40(46)83)93-42(17(70)5-59)28(71)16(69)4-58/h16-54,58-65,69-84H,4-12H2,1-3H3,(H,55,66)(H,56,67)(H,57,68)/t16-,17+,18+,19+,20+,21+,22+,23+,24+,25+,26+,27+,28+,29-,30-,31-,32-,33+,34+,35+,36-,37-,38+,39+,40+,41+,42+,43+,44+,45+,46-,47-,48+,49-,50-,51-,52-,53-,54-/m0/s1. The maximum absolute atomic E-state index is 12.9. The average Bonchev–Trinajstić information content (AvgIpc) is 0.777. The third-order valence-electron chi connectivity index (χ3n) is 17.5. The van der Waals surface area contributed by atoms with Crippen molar-refractivity contribution >= 4 is 17.7 Å². The number of aliphatic hydroxyl groups is 24. The molecule has 39 atom stereocenters. The molecule has 570 valence electrons. The van der Waals surface area contributed by atoms with Crippen LogP contribution in [0.25, 0.3) is 0 Å². The van der Waals surface area contributed by atoms with E-state index in [1.54, 1.807) is 0 Å². The Hall–Kier alpha value is -3.11. The summed E-state index contributed by atoms with van der Waals surface area (Å²) in [6.07, 6.45) is -73.4. The fraction of sp³-hybridized carbons (Fsp3) is 0.944. The predicted molar refractivity (Wildman–Crippen MR) is 301 cm³/mol. The molecule has 7 saturated heterocycles. The lowest BCUT2D eigenvalue weighted by Crippen LogP contribution is -2.71. The summed E-state index contributed by atoms with van der Waals surface area (Å²) in [7, 11) is 0. The van der Waals surface area contributed by atoms with E-state index in [1.807, 2.05) is 0 Å². The van der Waals surface area contributed by atoms with E-state index in [4.69, 9.17) is 66.3 Å². The SMILES string of the molecule is CC(=O)N[C@H]1[C@H](OC[C@H]2O[C@@H](O[C@H]3[C@H](O)[C@@H](NC(C)=O)[C@H](O[C@H]4[C@@H](O)[C@@H](CO)O[C@@H](O[C@@H]([C@H](O)[C@@H](O)CO)[C@H](O)CO)[C@@H]4O)O[C@@H]3CO)[C@H](O)[C@@H](O[C@@H]3O[C@H](CO)[C@@H](O[C@@H]4O[C@H](CO)[C@H](O)[C@H](O)[C@H]4O)[C@H](O)[C@H]3NC(C)=O)[C@H]2O)O[C@H](CO)[C@@H](O[C@@H]2O[C@H](CO)[C@H](O)[C@H](O)[C@H]2O)[C@@H]1O. The smallest absolute Gasteiger partial charge is 0.217 e. The second-order valence-electron chi connectivity index (χ2n) is 24.4. The van der Waals surface area contributed by atoms with Gasteiger partial charge in [-0.2, -0.15) is 0 Å². The molecule has 7 rings (SSSR count). The molecule has 44 heteroatoms. The Labute approximate surface area is 555 Å². The molecule has 0 aromatic carbocycles. The van der Waals surface area contributed by atoms with Crippen LogP contribution in [0.2, 0.25) is 0 Å². The quantitative estimate of drug-likeness (QED) is 0.0331. The summed E-state index contributed by atoms with van der Waals surface area (Å²) in [5, 5.41) is 266. The molecule has 0 aromatic rings. The van der Waals surface area contributed by atoms with Crippen LogP contribution in [0.5, 0.6) is 0 Å². The van der Waals surface area contributed by atoms with Crippen LogP contribution in [-0.2, 0) is 80.7 Å². The highest BCUT2D eigenvalue weighted by Gasteiger charge is 2.59. The Morgan fingerprint density at radius 3 is 0.990 bits per heavy atom. The molecule has 7 aliphatic heterocycles. The van der Waals surface area contributed by atoms with Crippen LogP contribution in [0.3, 0.4) is 0 Å². The number of ether oxygens (including phenoxy) is 14. The molecule has 0 saturated carbocycles. The monoisotopic (exact) mass is 1440 g/mol. The summed E-state index contributed by atoms with van der Waals surface area (Å²) in [6.45, 7) is -6.82. The summed E-state index contributed by atoms with van der Waals surface area (Å²) in [6, 6.07) is -5.68. The second kappa shape index (κ2) is 36.5. The molecular formula is C54H93N3O41. The van der Waals surface area contributed by atoms with Gasteiger partial charge in [0.25, 0.3) is 0 Å². The molecule has 7 aliphatic rings. The van der Waals surface area contributed by atoms with Gasteiger partial charge in [-0.05, 0) is 0 Å². The molecule has 0 unspecified atom stereocenters. The van der Waals surface area contributed by atoms with Gasteiger partial charge in [-0.25, -0.2) is 0 Å². The highest BCUT2D eigenvalue weighted by Crippen LogP contribution is 2.38. The van der Waals surface area contributed by atoms with E-state index in [0.717, 1.165) is 20.8 Å². The lowest BCUT2D eigenvalue weighted by Gasteiger charge is -2.51. The summed E-state index contributed by atoms with van der Waals surface area (Å²) in [4.78, 5) is 38.6. The number of carbonyl (C=O) groups excluding carboxylic acids is 3. The zero-order chi connectivity index (χ0) is 72.6. The van der Waals surface area contributed by atoms with E-state index in [9.17, 15) is 137 Å². The van der Waals surface area contributed by atoms with Gasteiger partial charge in [0, 0.05) is 20.8 Å². The summed E-state index contributed by atoms with van der Waals surface area (Å²) >= 11 is 0. The molecule has 0 spiro atoms. The van der Waals surface area contributed by atoms with Gasteiger partial charge in [-0.3, -0.25) is 14.4 Å². The Kier molecular flexibility index (Phi) is 30.6. The molecule has 44 nitrogen and oxygen atoms in total. The van der Waals surface area contributed by atoms with Gasteiger partial charge >= 0.3 is 0 Å². The summed E-state index contributed by atoms with van der Waals surface area (Å²) < 4.78 is 81.6. The van der Waals surface area contributed by atoms with Gasteiger partial charge in [0.2, 0.25) is 17.7 Å². The van der Waals surface area contributed by atoms with E-state index in [0.29, 0.717) is 0 Å². The van der Waals surface area contributed by atoms with Gasteiger partial charge in [0.1, 0.15) is 195 Å². The van der Waals surface area contributed by atoms with E-state index in [2.05, 4.69) is 16.0 Å². The van der Waals surface area contributed by atoms with Crippen LogP contribution in [0.1, 0.15) is 20.8 Å². The van der Waals surface area contributed by atoms with Crippen LogP contribution in [-0.4, -0.2) is 439 Å². The Bertz CT molecular complexity index is 2460. The highest BCUT2D eigenvalue weighted by molar-refractivity contribution is 5.74. The van der Waals surface area contributed by atoms with Crippen molar-refractivity contribution in [3.8, 4) is 0 Å². The number of rotatable bonds is 29. The van der Waals surface area contributed by atoms with Crippen molar-refractivity contribution in [1.82, 2.24) is 16.0 Å². The molecule has 0 radical (unpaired) electrons. The molecule has 27 N–H and O–H groups in total. The van der Waals surface area contributed by atoms with Crippen molar-refractivity contribution < 1.29 is 203 Å². The van der Waals surface area contributed by atoms with E-state index < -0.39 is 316 Å². The average molecular weight is 1440 g/mol. The Morgan fingerprint density at radius 2 is 0.622 bits per heavy atom. The molecule has 0 aliphatic carbocycles. The summed E-state index contributed by atoms with van der Waals surface area (Å²) in [5.74, 6) is -2.79. The molecule has 0 bridgehead atoms. The molecule has 3 amide bonds. The predicted octanol–water partition coefficient (Wildman–Crippen LogP) is -18.4. The number of nitrogens with one attached hydrogen (secondary N) is 3. The van der Waals surface area contributed by atoms with Crippen LogP contribution >= 0.6 is 0 Å². The first kappa shape index (κ1) is 82.2. The molecule has 98 heavy (non-hydrogen) atoms. The fourth-order valence-corrected chi connectivity index (χ4v) is 12.2. The van der Waals surface area contributed by atoms with Crippen LogP contribution in [0.15, 0.2) is 0 Å². The minimum Gasteiger partial charge on any atom is -0.394 e. The van der Waals surface area contributed by atoms with Gasteiger partial charge in [-0.1, -0.05) is 0 Å². The van der Waals surface area contributed by atoms with Crippen molar-refractivity contribution in [1.29, 1.82) is 0 Å². The van der Waals surface area contributed by atoms with Crippen molar-refractivity contribution in [3.05, 3.63) is 0 Å². The van der Waals surface area contributed by atoms with Crippen molar-refractivity contribution in [3.63, 3.8) is 0 Å². The lowest BCUT2D eigenvalue weighted by atomic mass is 9.93. The second-order valence-corrected chi connectivity index (χ2v) is 24.4. The first-order valence-corrected chi connectivity index (χ1v) is 31.0. The zero-order valence-electron chi connectivity index (χ0n) is 52.6. The Balaban J connectivity index is 1.21. The fourth-order valence-electron chi connectivity index (χ4n) is 12.2. The van der Waals surface area contributed by atoms with Gasteiger partial charge in [0.05, 0.1) is 59.5 Å². The number of hydrogen-bond acceptors (Lipinski definition) is 41. The third kappa shape index (κ3) is 18.5. The van der Waals surface area contributed by atoms with Gasteiger partial charge < -0.3 is 205 Å². The van der Waals surface area contributed by atoms with Crippen LogP contribution in [0, 0.1) is 0 Å². The molecule has 7 heterocycles. The number of carbonyl (C=O) groups is 3. The zero-order valence-corrected chi connectivity index (χ0v) is 52.6. The largest absolute Gasteiger partial charge is 0.394 e. The van der Waals surface area contributed by atoms with Crippen molar-refractivity contribution in [2.45, 2.75) is 260 Å². The summed E-state index contributed by atoms with van der Waals surface area (Å²) in [5.41, 5.74) is 0. The number of amides is 3. The number of aliphatic hydroxyl groups excluding tert-OH is 24. The first-order chi connectivity index (χ1) is 46.3. The molecule has 7 fully saturated rings. The normalized spacial score (nSPS) is 46.1. The topological polar surface area (TPSA) is 702 Å². The first-order valence-electron chi connectivity index (χ1n) is 31.0. The van der Waals surface area contributed by atoms with Gasteiger partial charge in [0.15, 0.2) is 44.0 Å². The highest BCUT2D eigenvalue weighted by atomic mass is 16.8. The van der Waals surface area contributed by atoms with Crippen molar-refractivity contribution in [2.24, 2.45) is 0 Å². The van der Waals surface area contributed by atoms with E-state index >= 15 is 0 Å². The molecular weight excluding hydrogens is 1350 g/mol. The Morgan fingerprint density at radius 1 is 0.327 bits per heavy atom. The minimum atomic E-state index is -2.46. The maximum atomic E-state index is 12.9. The number of hydrogen-bond donors (Lipinski definition) is 27. The lowest BCUT2D eigenvalue weighted by molar-refractivity contribution is -0.387. The third-order valence-corrected chi connectivity index (χ3v) is 17.5. The molecule has 0 aromatic heterocycles.